The number of nitrogens with one attached hydrogen (secondary N) is 2. The highest BCUT2D eigenvalue weighted by Gasteiger charge is 2.27. The van der Waals surface area contributed by atoms with Gasteiger partial charge in [-0.3, -0.25) is 4.79 Å². The molecule has 3 aromatic carbocycles. The first kappa shape index (κ1) is 23.6. The standard InChI is InChI=1S/C26H28BrClN4O/c1-16-6-4-9-21(23(16)28)31-24-18(7-5-8-19(24)25(29)33)17-10-11-22(20(27)14-17)32-13-12-30-26(2,3)15-32/h4-11,14,30-31H,12-13,15H2,1-3H3,(H2,29,33). The van der Waals surface area contributed by atoms with Crippen molar-refractivity contribution in [3.05, 3.63) is 75.2 Å². The van der Waals surface area contributed by atoms with Crippen LogP contribution < -0.4 is 21.3 Å². The van der Waals surface area contributed by atoms with Crippen molar-refractivity contribution in [3.63, 3.8) is 0 Å². The molecule has 0 aliphatic carbocycles. The molecule has 0 bridgehead atoms. The molecule has 1 aliphatic rings. The van der Waals surface area contributed by atoms with Gasteiger partial charge in [-0.2, -0.15) is 0 Å². The van der Waals surface area contributed by atoms with Crippen LogP contribution in [0.2, 0.25) is 5.02 Å². The molecule has 7 heteroatoms. The minimum Gasteiger partial charge on any atom is -0.368 e. The van der Waals surface area contributed by atoms with E-state index in [1.807, 2.05) is 37.3 Å². The molecule has 5 nitrogen and oxygen atoms in total. The number of nitrogens with two attached hydrogens (primary N) is 1. The molecule has 0 saturated carbocycles. The van der Waals surface area contributed by atoms with Crippen LogP contribution >= 0.6 is 27.5 Å². The zero-order valence-corrected chi connectivity index (χ0v) is 21.3. The van der Waals surface area contributed by atoms with E-state index in [9.17, 15) is 4.79 Å². The minimum atomic E-state index is -0.498. The number of hydrogen-bond donors (Lipinski definition) is 3. The number of rotatable bonds is 5. The molecule has 33 heavy (non-hydrogen) atoms. The summed E-state index contributed by atoms with van der Waals surface area (Å²) in [6, 6.07) is 17.6. The highest BCUT2D eigenvalue weighted by molar-refractivity contribution is 9.10. The molecule has 1 saturated heterocycles. The van der Waals surface area contributed by atoms with Gasteiger partial charge in [0.2, 0.25) is 0 Å². The largest absolute Gasteiger partial charge is 0.368 e. The summed E-state index contributed by atoms with van der Waals surface area (Å²) < 4.78 is 1.00. The first-order valence-corrected chi connectivity index (χ1v) is 12.1. The summed E-state index contributed by atoms with van der Waals surface area (Å²) in [5.41, 5.74) is 11.5. The normalized spacial score (nSPS) is 15.4. The minimum absolute atomic E-state index is 0.0519. The summed E-state index contributed by atoms with van der Waals surface area (Å²) >= 11 is 10.3. The third kappa shape index (κ3) is 5.03. The summed E-state index contributed by atoms with van der Waals surface area (Å²) in [7, 11) is 0. The van der Waals surface area contributed by atoms with Crippen LogP contribution in [0.3, 0.4) is 0 Å². The van der Waals surface area contributed by atoms with Gasteiger partial charge in [0.25, 0.3) is 5.91 Å². The van der Waals surface area contributed by atoms with Crippen molar-refractivity contribution >= 4 is 50.5 Å². The van der Waals surface area contributed by atoms with Gasteiger partial charge in [0.05, 0.1) is 27.6 Å². The molecule has 4 rings (SSSR count). The molecule has 172 valence electrons. The number of aryl methyl sites for hydroxylation is 1. The van der Waals surface area contributed by atoms with E-state index < -0.39 is 5.91 Å². The highest BCUT2D eigenvalue weighted by Crippen LogP contribution is 2.39. The molecule has 3 aromatic rings. The van der Waals surface area contributed by atoms with Crippen molar-refractivity contribution in [3.8, 4) is 11.1 Å². The molecule has 1 heterocycles. The quantitative estimate of drug-likeness (QED) is 0.374. The van der Waals surface area contributed by atoms with Gasteiger partial charge in [0.15, 0.2) is 0 Å². The van der Waals surface area contributed by atoms with Crippen molar-refractivity contribution in [2.45, 2.75) is 26.3 Å². The Balaban J connectivity index is 1.76. The van der Waals surface area contributed by atoms with Crippen molar-refractivity contribution in [2.75, 3.05) is 29.9 Å². The molecule has 0 radical (unpaired) electrons. The van der Waals surface area contributed by atoms with Crippen LogP contribution in [-0.2, 0) is 0 Å². The lowest BCUT2D eigenvalue weighted by atomic mass is 9.98. The lowest BCUT2D eigenvalue weighted by molar-refractivity contribution is 0.100. The zero-order chi connectivity index (χ0) is 23.8. The number of amides is 1. The summed E-state index contributed by atoms with van der Waals surface area (Å²) in [6.07, 6.45) is 0. The van der Waals surface area contributed by atoms with Gasteiger partial charge < -0.3 is 21.3 Å². The fraction of sp³-hybridized carbons (Fsp3) is 0.269. The number of nitrogens with zero attached hydrogens (tertiary/aromatic N) is 1. The van der Waals surface area contributed by atoms with Crippen LogP contribution in [0.1, 0.15) is 29.8 Å². The summed E-state index contributed by atoms with van der Waals surface area (Å²) in [4.78, 5) is 14.6. The number of carbonyl (C=O) groups excluding carboxylic acids is 1. The number of halogens is 2. The van der Waals surface area contributed by atoms with Gasteiger partial charge in [-0.1, -0.05) is 41.9 Å². The second-order valence-electron chi connectivity index (χ2n) is 9.05. The van der Waals surface area contributed by atoms with E-state index in [-0.39, 0.29) is 5.54 Å². The Morgan fingerprint density at radius 1 is 1.18 bits per heavy atom. The number of hydrogen-bond acceptors (Lipinski definition) is 4. The number of primary amides is 1. The summed E-state index contributed by atoms with van der Waals surface area (Å²) in [5, 5.41) is 7.53. The van der Waals surface area contributed by atoms with E-state index in [0.29, 0.717) is 16.3 Å². The summed E-state index contributed by atoms with van der Waals surface area (Å²) in [6.45, 7) is 9.17. The maximum absolute atomic E-state index is 12.3. The van der Waals surface area contributed by atoms with Gasteiger partial charge in [-0.25, -0.2) is 0 Å². The molecule has 1 amide bonds. The summed E-state index contributed by atoms with van der Waals surface area (Å²) in [5.74, 6) is -0.498. The Labute approximate surface area is 208 Å². The van der Waals surface area contributed by atoms with E-state index in [0.717, 1.165) is 52.2 Å². The number of piperazine rings is 1. The van der Waals surface area contributed by atoms with Crippen LogP contribution in [0.15, 0.2) is 59.1 Å². The molecule has 0 aromatic heterocycles. The molecule has 1 aliphatic heterocycles. The molecule has 0 unspecified atom stereocenters. The maximum atomic E-state index is 12.3. The lowest BCUT2D eigenvalue weighted by Crippen LogP contribution is -2.57. The van der Waals surface area contributed by atoms with E-state index in [1.165, 1.54) is 0 Å². The smallest absolute Gasteiger partial charge is 0.250 e. The SMILES string of the molecule is Cc1cccc(Nc2c(C(N)=O)cccc2-c2ccc(N3CCNC(C)(C)C3)c(Br)c2)c1Cl. The van der Waals surface area contributed by atoms with E-state index >= 15 is 0 Å². The van der Waals surface area contributed by atoms with Gasteiger partial charge in [0, 0.05) is 35.2 Å². The van der Waals surface area contributed by atoms with Crippen molar-refractivity contribution in [1.82, 2.24) is 5.32 Å². The van der Waals surface area contributed by atoms with Gasteiger partial charge >= 0.3 is 0 Å². The van der Waals surface area contributed by atoms with Gasteiger partial charge in [-0.05, 0) is 72.1 Å². The maximum Gasteiger partial charge on any atom is 0.250 e. The van der Waals surface area contributed by atoms with Crippen LogP contribution in [-0.4, -0.2) is 31.1 Å². The fourth-order valence-corrected chi connectivity index (χ4v) is 5.09. The average molecular weight is 528 g/mol. The predicted molar refractivity (Wildman–Crippen MR) is 142 cm³/mol. The van der Waals surface area contributed by atoms with Crippen molar-refractivity contribution in [2.24, 2.45) is 5.73 Å². The van der Waals surface area contributed by atoms with Gasteiger partial charge in [-0.15, -0.1) is 0 Å². The average Bonchev–Trinajstić information content (AvgIpc) is 2.76. The lowest BCUT2D eigenvalue weighted by Gasteiger charge is -2.40. The number of para-hydroxylation sites is 1. The first-order chi connectivity index (χ1) is 15.7. The fourth-order valence-electron chi connectivity index (χ4n) is 4.29. The molecule has 4 N–H and O–H groups in total. The third-order valence-electron chi connectivity index (χ3n) is 5.95. The van der Waals surface area contributed by atoms with E-state index in [4.69, 9.17) is 17.3 Å². The Morgan fingerprint density at radius 2 is 1.94 bits per heavy atom. The number of carbonyl (C=O) groups is 1. The van der Waals surface area contributed by atoms with Crippen LogP contribution in [0.4, 0.5) is 17.1 Å². The zero-order valence-electron chi connectivity index (χ0n) is 19.0. The molecular weight excluding hydrogens is 500 g/mol. The van der Waals surface area contributed by atoms with E-state index in [1.54, 1.807) is 6.07 Å². The predicted octanol–water partition coefficient (Wildman–Crippen LogP) is 6.11. The molecular formula is C26H28BrClN4O. The number of benzene rings is 3. The Bertz CT molecular complexity index is 1210. The molecule has 1 fully saturated rings. The van der Waals surface area contributed by atoms with Crippen LogP contribution in [0.25, 0.3) is 11.1 Å². The molecule has 0 spiro atoms. The third-order valence-corrected chi connectivity index (χ3v) is 7.09. The Morgan fingerprint density at radius 3 is 2.64 bits per heavy atom. The van der Waals surface area contributed by atoms with Crippen LogP contribution in [0.5, 0.6) is 0 Å². The Kier molecular flexibility index (Phi) is 6.71. The van der Waals surface area contributed by atoms with E-state index in [2.05, 4.69) is 63.5 Å². The second kappa shape index (κ2) is 9.37. The monoisotopic (exact) mass is 526 g/mol. The Hall–Kier alpha value is -2.54. The van der Waals surface area contributed by atoms with Gasteiger partial charge in [0.1, 0.15) is 0 Å². The number of anilines is 3. The van der Waals surface area contributed by atoms with Crippen molar-refractivity contribution < 1.29 is 4.79 Å². The van der Waals surface area contributed by atoms with Crippen molar-refractivity contribution in [1.29, 1.82) is 0 Å². The topological polar surface area (TPSA) is 70.4 Å². The highest BCUT2D eigenvalue weighted by atomic mass is 79.9. The first-order valence-electron chi connectivity index (χ1n) is 10.9. The molecule has 0 atom stereocenters. The van der Waals surface area contributed by atoms with Crippen LogP contribution in [0, 0.1) is 6.92 Å². The second-order valence-corrected chi connectivity index (χ2v) is 10.3.